The number of nitrogens with one attached hydrogen (secondary N) is 1. The maximum Gasteiger partial charge on any atom is 1.00 e. The molecule has 0 spiro atoms. The normalized spacial score (nSPS) is 20.8. The van der Waals surface area contributed by atoms with Gasteiger partial charge in [-0.3, -0.25) is 9.58 Å². The minimum atomic E-state index is -0.533. The number of allylic oxidation sites excluding steroid dienone is 3. The number of hydrogen-bond donors (Lipinski definition) is 2. The van der Waals surface area contributed by atoms with Crippen molar-refractivity contribution in [3.05, 3.63) is 174 Å². The van der Waals surface area contributed by atoms with Crippen LogP contribution in [0.2, 0.25) is 5.02 Å². The number of benzene rings is 4. The van der Waals surface area contributed by atoms with Crippen molar-refractivity contribution >= 4 is 33.9 Å². The molecule has 3 N–H and O–H groups in total. The Morgan fingerprint density at radius 3 is 2.25 bits per heavy atom. The number of hydrogen-bond acceptors (Lipinski definition) is 6. The Kier molecular flexibility index (Phi) is 18.7. The fourth-order valence-corrected chi connectivity index (χ4v) is 12.7. The van der Waals surface area contributed by atoms with Crippen molar-refractivity contribution in [1.29, 1.82) is 0 Å². The van der Waals surface area contributed by atoms with Gasteiger partial charge in [0.25, 0.3) is 0 Å². The number of nitrogens with zero attached hydrogens (tertiary/aromatic N) is 5. The summed E-state index contributed by atoms with van der Waals surface area (Å²) in [5, 5.41) is 9.50. The fourth-order valence-electron chi connectivity index (χ4n) is 12.4. The molecule has 7 nitrogen and oxygen atoms in total. The molecule has 0 amide bonds. The summed E-state index contributed by atoms with van der Waals surface area (Å²) in [6.45, 7) is 28.8. The van der Waals surface area contributed by atoms with Gasteiger partial charge in [-0.2, -0.15) is 17.9 Å². The van der Waals surface area contributed by atoms with Crippen LogP contribution in [0.1, 0.15) is 123 Å². The molecule has 1 aromatic heterocycles. The van der Waals surface area contributed by atoms with Crippen molar-refractivity contribution in [3.63, 3.8) is 0 Å². The second kappa shape index (κ2) is 24.3. The molecule has 3 atom stereocenters. The van der Waals surface area contributed by atoms with Crippen molar-refractivity contribution in [1.82, 2.24) is 24.9 Å². The number of likely N-dealkylation sites (tertiary alicyclic amines) is 1. The number of anilines is 1. The maximum atomic E-state index is 15.7. The van der Waals surface area contributed by atoms with E-state index in [0.29, 0.717) is 29.5 Å². The van der Waals surface area contributed by atoms with Gasteiger partial charge in [0, 0.05) is 109 Å². The molecule has 4 aromatic carbocycles. The molecule has 0 bridgehead atoms. The number of piperazine rings is 1. The summed E-state index contributed by atoms with van der Waals surface area (Å²) in [6, 6.07) is 22.1. The smallest absolute Gasteiger partial charge is 0.399 e. The first kappa shape index (κ1) is 55.4. The summed E-state index contributed by atoms with van der Waals surface area (Å²) in [5.74, 6) is 1.12. The maximum absolute atomic E-state index is 15.7. The first-order valence-corrected chi connectivity index (χ1v) is 26.4. The molecule has 4 heterocycles. The van der Waals surface area contributed by atoms with Crippen molar-refractivity contribution in [2.24, 2.45) is 24.6 Å². The van der Waals surface area contributed by atoms with E-state index in [-0.39, 0.29) is 71.0 Å². The van der Waals surface area contributed by atoms with Gasteiger partial charge in [0.15, 0.2) is 0 Å². The van der Waals surface area contributed by atoms with Crippen molar-refractivity contribution in [2.75, 3.05) is 50.7 Å². The van der Waals surface area contributed by atoms with Gasteiger partial charge in [-0.1, -0.05) is 107 Å². The SMILES string of the molecule is C=C(N)c1ccc(CC)c(F)c1-c1c(Cl)c(F)cc2c1C(CC)C(c1ccccc1)C2.C=C1CCC(c2nn(C)c3cc(N4CCN(CC5CCN(C(=C)C6CC[CH-]CC6)CC5)CC4)ccc23)C(=C)N1.[CH3-].[Na+]. The minimum Gasteiger partial charge on any atom is -0.399 e. The van der Waals surface area contributed by atoms with Crippen LogP contribution in [0.3, 0.4) is 0 Å². The van der Waals surface area contributed by atoms with Gasteiger partial charge in [0.2, 0.25) is 0 Å². The molecular formula is C61H76ClF2N7Na-. The number of piperidine rings is 2. The van der Waals surface area contributed by atoms with Crippen LogP contribution < -0.4 is 45.5 Å². The standard InChI is InChI=1S/C33H47N6.C27H26ClF2N.CH3.Na/c1-24-10-12-30(25(2)34-24)33-31-13-11-29(22-32(31)36(4)35-33)39-20-18-37(19-21-39)23-27-14-16-38(17-15-27)26(3)28-8-6-5-7-9-28;1-4-16-11-12-20(15(3)31)24(27(16)30)25-23-18(14-22(29)26(25)28)13-21(19(23)5-2)17-9-7-6-8-10-17;;/h5,11,13,22,27-28,30,34H,1-3,6-10,12,14-21,23H2,4H3;6-12,14,19,21H,3-5,13,31H2,1-2H3;1H3;/q-1;;-1;+1. The van der Waals surface area contributed by atoms with Crippen LogP contribution in [0.5, 0.6) is 0 Å². The second-order valence-electron chi connectivity index (χ2n) is 20.6. The number of aryl methyl sites for hydroxylation is 2. The number of halogens is 3. The van der Waals surface area contributed by atoms with E-state index in [0.717, 1.165) is 85.5 Å². The van der Waals surface area contributed by atoms with Crippen molar-refractivity contribution in [3.8, 4) is 11.1 Å². The molecule has 3 aliphatic heterocycles. The largest absolute Gasteiger partial charge is 1.00 e. The van der Waals surface area contributed by atoms with Gasteiger partial charge in [0.05, 0.1) is 16.2 Å². The molecule has 5 aromatic rings. The van der Waals surface area contributed by atoms with E-state index < -0.39 is 11.6 Å². The fraction of sp³-hybridized carbons (Fsp3) is 0.426. The molecule has 3 saturated heterocycles. The average molecular weight is 1000 g/mol. The summed E-state index contributed by atoms with van der Waals surface area (Å²) < 4.78 is 32.8. The van der Waals surface area contributed by atoms with Gasteiger partial charge in [0.1, 0.15) is 11.6 Å². The van der Waals surface area contributed by atoms with E-state index in [4.69, 9.17) is 22.4 Å². The summed E-state index contributed by atoms with van der Waals surface area (Å²) in [7, 11) is 2.07. The van der Waals surface area contributed by atoms with Gasteiger partial charge < -0.3 is 34.7 Å². The van der Waals surface area contributed by atoms with Crippen LogP contribution in [0.4, 0.5) is 14.5 Å². The molecule has 1 saturated carbocycles. The molecule has 3 unspecified atom stereocenters. The Hall–Kier alpha value is -4.38. The first-order valence-electron chi connectivity index (χ1n) is 26.0. The Morgan fingerprint density at radius 1 is 0.889 bits per heavy atom. The Bertz CT molecular complexity index is 2750. The first-order chi connectivity index (χ1) is 33.8. The zero-order valence-electron chi connectivity index (χ0n) is 43.8. The molecule has 2 aliphatic carbocycles. The zero-order valence-corrected chi connectivity index (χ0v) is 46.6. The number of aromatic nitrogens is 2. The molecule has 11 heteroatoms. The van der Waals surface area contributed by atoms with Crippen LogP contribution in [0.15, 0.2) is 110 Å². The molecule has 378 valence electrons. The average Bonchev–Trinajstić information content (AvgIpc) is 3.91. The van der Waals surface area contributed by atoms with Crippen LogP contribution >= 0.6 is 11.6 Å². The molecule has 10 rings (SSSR count). The second-order valence-corrected chi connectivity index (χ2v) is 21.0. The van der Waals surface area contributed by atoms with E-state index >= 15 is 8.78 Å². The van der Waals surface area contributed by atoms with E-state index in [1.54, 1.807) is 12.1 Å². The van der Waals surface area contributed by atoms with E-state index in [9.17, 15) is 0 Å². The zero-order chi connectivity index (χ0) is 49.2. The predicted molar refractivity (Wildman–Crippen MR) is 294 cm³/mol. The molecule has 5 aliphatic rings. The summed E-state index contributed by atoms with van der Waals surface area (Å²) in [6.07, 6.45) is 14.3. The summed E-state index contributed by atoms with van der Waals surface area (Å²) in [5.41, 5.74) is 18.1. The van der Waals surface area contributed by atoms with Crippen molar-refractivity contribution < 1.29 is 38.3 Å². The molecule has 72 heavy (non-hydrogen) atoms. The van der Waals surface area contributed by atoms with E-state index in [1.165, 1.54) is 92.1 Å². The third kappa shape index (κ3) is 11.5. The van der Waals surface area contributed by atoms with Gasteiger partial charge in [-0.15, -0.1) is 0 Å². The molecular weight excluding hydrogens is 927 g/mol. The quantitative estimate of drug-likeness (QED) is 0.102. The van der Waals surface area contributed by atoms with E-state index in [2.05, 4.69) is 102 Å². The molecule has 4 fully saturated rings. The Labute approximate surface area is 456 Å². The third-order valence-electron chi connectivity index (χ3n) is 16.4. The van der Waals surface area contributed by atoms with E-state index in [1.807, 2.05) is 25.1 Å². The Morgan fingerprint density at radius 2 is 1.60 bits per heavy atom. The van der Waals surface area contributed by atoms with Crippen LogP contribution in [-0.2, 0) is 19.9 Å². The summed E-state index contributed by atoms with van der Waals surface area (Å²) in [4.78, 5) is 7.88. The monoisotopic (exact) mass is 1000 g/mol. The predicted octanol–water partition coefficient (Wildman–Crippen LogP) is 10.9. The Balaban J connectivity index is 0.000000211. The number of fused-ring (bicyclic) bond motifs is 2. The van der Waals surface area contributed by atoms with Crippen LogP contribution in [0, 0.1) is 37.3 Å². The van der Waals surface area contributed by atoms with Crippen LogP contribution in [0.25, 0.3) is 27.7 Å². The topological polar surface area (TPSA) is 65.6 Å². The third-order valence-corrected chi connectivity index (χ3v) is 16.7. The van der Waals surface area contributed by atoms with Gasteiger partial charge >= 0.3 is 29.6 Å². The molecule has 0 radical (unpaired) electrons. The number of nitrogens with two attached hydrogens (primary N) is 1. The van der Waals surface area contributed by atoms with Gasteiger partial charge in [-0.25, -0.2) is 8.78 Å². The summed E-state index contributed by atoms with van der Waals surface area (Å²) >= 11 is 6.56. The van der Waals surface area contributed by atoms with Gasteiger partial charge in [-0.05, 0) is 115 Å². The minimum absolute atomic E-state index is 0. The van der Waals surface area contributed by atoms with Crippen LogP contribution in [-0.4, -0.2) is 65.4 Å². The van der Waals surface area contributed by atoms with Crippen molar-refractivity contribution in [2.45, 2.75) is 102 Å². The number of rotatable bonds is 11.